The summed E-state index contributed by atoms with van der Waals surface area (Å²) in [5, 5.41) is 0.450. The number of halogens is 4. The van der Waals surface area contributed by atoms with Crippen LogP contribution in [0.15, 0.2) is 71.7 Å². The summed E-state index contributed by atoms with van der Waals surface area (Å²) in [5.74, 6) is -0.261. The van der Waals surface area contributed by atoms with Gasteiger partial charge >= 0.3 is 12.1 Å². The number of pyridine rings is 1. The number of benzene rings is 3. The van der Waals surface area contributed by atoms with Gasteiger partial charge in [-0.3, -0.25) is 9.36 Å². The van der Waals surface area contributed by atoms with E-state index in [0.717, 1.165) is 24.3 Å². The summed E-state index contributed by atoms with van der Waals surface area (Å²) in [5.41, 5.74) is -1.09. The minimum Gasteiger partial charge on any atom is -0.497 e. The summed E-state index contributed by atoms with van der Waals surface area (Å²) in [6.45, 7) is 0. The van der Waals surface area contributed by atoms with Crippen LogP contribution in [0.5, 0.6) is 17.2 Å². The molecule has 35 heavy (non-hydrogen) atoms. The molecule has 0 N–H and O–H groups in total. The molecule has 0 bridgehead atoms. The molecule has 4 rings (SSSR count). The zero-order valence-corrected chi connectivity index (χ0v) is 19.1. The van der Waals surface area contributed by atoms with Gasteiger partial charge < -0.3 is 14.2 Å². The van der Waals surface area contributed by atoms with Gasteiger partial charge in [-0.25, -0.2) is 4.79 Å². The van der Waals surface area contributed by atoms with Crippen LogP contribution in [0.1, 0.15) is 15.9 Å². The molecule has 0 fully saturated rings. The van der Waals surface area contributed by atoms with Crippen LogP contribution in [0.25, 0.3) is 16.5 Å². The molecule has 1 aromatic heterocycles. The van der Waals surface area contributed by atoms with Gasteiger partial charge in [-0.2, -0.15) is 13.2 Å². The SMILES string of the molecule is COc1ccc(-n2cc(Cl)c3cc(OC)cc(OC(=O)c4ccc(C(F)(F)F)cc4)c3c2=O)cc1. The topological polar surface area (TPSA) is 66.8 Å². The van der Waals surface area contributed by atoms with Gasteiger partial charge in [-0.15, -0.1) is 0 Å². The highest BCUT2D eigenvalue weighted by Gasteiger charge is 2.30. The quantitative estimate of drug-likeness (QED) is 0.250. The van der Waals surface area contributed by atoms with Crippen LogP contribution in [0.2, 0.25) is 5.02 Å². The van der Waals surface area contributed by atoms with E-state index in [1.54, 1.807) is 24.3 Å². The van der Waals surface area contributed by atoms with E-state index in [9.17, 15) is 22.8 Å². The summed E-state index contributed by atoms with van der Waals surface area (Å²) in [4.78, 5) is 26.2. The standard InChI is InChI=1S/C25H17ClF3NO5/c1-33-17-9-7-16(8-10-17)30-13-20(26)19-11-18(34-2)12-21(22(19)23(30)31)35-24(32)14-3-5-15(6-4-14)25(27,28)29/h3-13H,1-2H3. The zero-order chi connectivity index (χ0) is 25.3. The number of nitrogens with zero attached hydrogens (tertiary/aromatic N) is 1. The molecule has 0 aliphatic rings. The molecule has 0 atom stereocenters. The lowest BCUT2D eigenvalue weighted by Gasteiger charge is -2.14. The molecule has 10 heteroatoms. The van der Waals surface area contributed by atoms with Crippen LogP contribution >= 0.6 is 11.6 Å². The Morgan fingerprint density at radius 3 is 2.11 bits per heavy atom. The van der Waals surface area contributed by atoms with E-state index in [4.69, 9.17) is 25.8 Å². The van der Waals surface area contributed by atoms with Crippen molar-refractivity contribution in [1.29, 1.82) is 0 Å². The number of aromatic nitrogens is 1. The number of carbonyl (C=O) groups is 1. The van der Waals surface area contributed by atoms with Gasteiger partial charge in [0, 0.05) is 23.3 Å². The van der Waals surface area contributed by atoms with E-state index in [-0.39, 0.29) is 32.9 Å². The predicted molar refractivity (Wildman–Crippen MR) is 124 cm³/mol. The fourth-order valence-electron chi connectivity index (χ4n) is 3.45. The molecule has 3 aromatic carbocycles. The first kappa shape index (κ1) is 24.2. The molecule has 1 heterocycles. The van der Waals surface area contributed by atoms with E-state index in [1.807, 2.05) is 0 Å². The minimum absolute atomic E-state index is 0.00520. The van der Waals surface area contributed by atoms with E-state index in [2.05, 4.69) is 0 Å². The van der Waals surface area contributed by atoms with Crippen molar-refractivity contribution in [3.8, 4) is 22.9 Å². The molecule has 0 amide bonds. The average molecular weight is 504 g/mol. The number of hydrogen-bond donors (Lipinski definition) is 0. The van der Waals surface area contributed by atoms with Crippen molar-refractivity contribution in [1.82, 2.24) is 4.57 Å². The van der Waals surface area contributed by atoms with Gasteiger partial charge in [0.2, 0.25) is 0 Å². The predicted octanol–water partition coefficient (Wildman–Crippen LogP) is 5.90. The minimum atomic E-state index is -4.55. The van der Waals surface area contributed by atoms with Crippen molar-refractivity contribution in [2.24, 2.45) is 0 Å². The third-order valence-electron chi connectivity index (χ3n) is 5.24. The fraction of sp³-hybridized carbons (Fsp3) is 0.120. The second kappa shape index (κ2) is 9.34. The summed E-state index contributed by atoms with van der Waals surface area (Å²) in [7, 11) is 2.90. The normalized spacial score (nSPS) is 11.4. The van der Waals surface area contributed by atoms with Crippen LogP contribution < -0.4 is 19.8 Å². The van der Waals surface area contributed by atoms with Crippen LogP contribution in [0.4, 0.5) is 13.2 Å². The average Bonchev–Trinajstić information content (AvgIpc) is 2.85. The summed E-state index contributed by atoms with van der Waals surface area (Å²) in [6.07, 6.45) is -3.12. The lowest BCUT2D eigenvalue weighted by atomic mass is 10.1. The highest BCUT2D eigenvalue weighted by atomic mass is 35.5. The van der Waals surface area contributed by atoms with Crippen molar-refractivity contribution >= 4 is 28.3 Å². The van der Waals surface area contributed by atoms with Gasteiger partial charge in [0.1, 0.15) is 17.2 Å². The first-order valence-corrected chi connectivity index (χ1v) is 10.5. The first-order chi connectivity index (χ1) is 16.6. The van der Waals surface area contributed by atoms with Crippen LogP contribution in [-0.2, 0) is 6.18 Å². The lowest BCUT2D eigenvalue weighted by Crippen LogP contribution is -2.20. The number of rotatable bonds is 5. The van der Waals surface area contributed by atoms with Gasteiger partial charge in [0.25, 0.3) is 5.56 Å². The summed E-state index contributed by atoms with van der Waals surface area (Å²) in [6, 6.07) is 13.0. The Balaban J connectivity index is 1.82. The van der Waals surface area contributed by atoms with E-state index < -0.39 is 23.3 Å². The Kier molecular flexibility index (Phi) is 6.45. The monoisotopic (exact) mass is 503 g/mol. The second-order valence-corrected chi connectivity index (χ2v) is 7.77. The zero-order valence-electron chi connectivity index (χ0n) is 18.4. The summed E-state index contributed by atoms with van der Waals surface area (Å²) < 4.78 is 55.6. The van der Waals surface area contributed by atoms with Crippen molar-refractivity contribution in [2.75, 3.05) is 14.2 Å². The third kappa shape index (κ3) is 4.81. The maximum absolute atomic E-state index is 13.4. The highest BCUT2D eigenvalue weighted by molar-refractivity contribution is 6.35. The van der Waals surface area contributed by atoms with Crippen molar-refractivity contribution in [2.45, 2.75) is 6.18 Å². The van der Waals surface area contributed by atoms with Crippen molar-refractivity contribution in [3.63, 3.8) is 0 Å². The molecule has 6 nitrogen and oxygen atoms in total. The van der Waals surface area contributed by atoms with Crippen LogP contribution in [-0.4, -0.2) is 24.8 Å². The third-order valence-corrected chi connectivity index (χ3v) is 5.55. The molecule has 0 spiro atoms. The van der Waals surface area contributed by atoms with E-state index >= 15 is 0 Å². The highest BCUT2D eigenvalue weighted by Crippen LogP contribution is 2.34. The van der Waals surface area contributed by atoms with Gasteiger partial charge in [0.05, 0.1) is 35.8 Å². The number of esters is 1. The molecule has 0 saturated carbocycles. The van der Waals surface area contributed by atoms with Gasteiger partial charge in [-0.05, 0) is 54.6 Å². The van der Waals surface area contributed by atoms with E-state index in [0.29, 0.717) is 11.4 Å². The van der Waals surface area contributed by atoms with Gasteiger partial charge in [0.15, 0.2) is 0 Å². The lowest BCUT2D eigenvalue weighted by molar-refractivity contribution is -0.137. The maximum Gasteiger partial charge on any atom is 0.416 e. The molecule has 0 aliphatic heterocycles. The molecule has 0 saturated heterocycles. The van der Waals surface area contributed by atoms with Crippen molar-refractivity contribution < 1.29 is 32.2 Å². The Morgan fingerprint density at radius 1 is 0.914 bits per heavy atom. The van der Waals surface area contributed by atoms with Crippen molar-refractivity contribution in [3.05, 3.63) is 93.4 Å². The molecule has 0 radical (unpaired) electrons. The Morgan fingerprint density at radius 2 is 1.54 bits per heavy atom. The van der Waals surface area contributed by atoms with Crippen LogP contribution in [0.3, 0.4) is 0 Å². The Bertz CT molecular complexity index is 1460. The largest absolute Gasteiger partial charge is 0.497 e. The fourth-order valence-corrected chi connectivity index (χ4v) is 3.69. The first-order valence-electron chi connectivity index (χ1n) is 10.1. The number of fused-ring (bicyclic) bond motifs is 1. The van der Waals surface area contributed by atoms with Gasteiger partial charge in [-0.1, -0.05) is 11.6 Å². The van der Waals surface area contributed by atoms with E-state index in [1.165, 1.54) is 37.1 Å². The molecule has 0 aliphatic carbocycles. The number of ether oxygens (including phenoxy) is 3. The number of methoxy groups -OCH3 is 2. The molecular formula is C25H17ClF3NO5. The molecule has 4 aromatic rings. The number of alkyl halides is 3. The molecular weight excluding hydrogens is 487 g/mol. The molecule has 0 unspecified atom stereocenters. The Hall–Kier alpha value is -3.98. The maximum atomic E-state index is 13.4. The number of carbonyl (C=O) groups excluding carboxylic acids is 1. The summed E-state index contributed by atoms with van der Waals surface area (Å²) >= 11 is 6.47. The number of hydrogen-bond acceptors (Lipinski definition) is 5. The Labute approximate surface area is 202 Å². The smallest absolute Gasteiger partial charge is 0.416 e. The van der Waals surface area contributed by atoms with Crippen LogP contribution in [0, 0.1) is 0 Å². The molecule has 180 valence electrons. The second-order valence-electron chi connectivity index (χ2n) is 7.36.